The predicted octanol–water partition coefficient (Wildman–Crippen LogP) is 3.36. The van der Waals surface area contributed by atoms with E-state index >= 15 is 0 Å². The van der Waals surface area contributed by atoms with E-state index in [4.69, 9.17) is 11.6 Å². The SMILES string of the molecule is CC1(CNS(=O)(=O)c2cc(Br)cnc2Cl)CCCC1. The van der Waals surface area contributed by atoms with Gasteiger partial charge in [0.25, 0.3) is 0 Å². The van der Waals surface area contributed by atoms with Gasteiger partial charge in [-0.05, 0) is 40.3 Å². The Kier molecular flexibility index (Phi) is 4.55. The molecule has 7 heteroatoms. The number of sulfonamides is 1. The fraction of sp³-hybridized carbons (Fsp3) is 0.583. The molecule has 1 N–H and O–H groups in total. The summed E-state index contributed by atoms with van der Waals surface area (Å²) in [6.07, 6.45) is 5.91. The van der Waals surface area contributed by atoms with Gasteiger partial charge in [-0.1, -0.05) is 31.4 Å². The molecule has 1 fully saturated rings. The fourth-order valence-corrected chi connectivity index (χ4v) is 4.49. The topological polar surface area (TPSA) is 59.1 Å². The van der Waals surface area contributed by atoms with Crippen molar-refractivity contribution in [2.45, 2.75) is 37.5 Å². The summed E-state index contributed by atoms with van der Waals surface area (Å²) in [7, 11) is -3.61. The Labute approximate surface area is 127 Å². The Hall–Kier alpha value is -0.170. The third kappa shape index (κ3) is 3.68. The van der Waals surface area contributed by atoms with Crippen LogP contribution in [-0.2, 0) is 10.0 Å². The van der Waals surface area contributed by atoms with Gasteiger partial charge in [-0.25, -0.2) is 18.1 Å². The van der Waals surface area contributed by atoms with Crippen molar-refractivity contribution in [3.8, 4) is 0 Å². The third-order valence-electron chi connectivity index (χ3n) is 3.56. The maximum atomic E-state index is 12.2. The van der Waals surface area contributed by atoms with Crippen LogP contribution in [0.1, 0.15) is 32.6 Å². The molecule has 1 aromatic heterocycles. The average Bonchev–Trinajstić information content (AvgIpc) is 2.78. The normalized spacial score (nSPS) is 18.7. The molecule has 1 aliphatic rings. The molecule has 1 heterocycles. The van der Waals surface area contributed by atoms with Crippen LogP contribution in [0.5, 0.6) is 0 Å². The first-order valence-corrected chi connectivity index (χ1v) is 8.79. The van der Waals surface area contributed by atoms with E-state index < -0.39 is 10.0 Å². The minimum Gasteiger partial charge on any atom is -0.242 e. The summed E-state index contributed by atoms with van der Waals surface area (Å²) in [5.41, 5.74) is 0.0546. The number of nitrogens with zero attached hydrogens (tertiary/aromatic N) is 1. The van der Waals surface area contributed by atoms with Gasteiger partial charge in [0.15, 0.2) is 0 Å². The van der Waals surface area contributed by atoms with Gasteiger partial charge in [-0.3, -0.25) is 0 Å². The molecular weight excluding hydrogens is 352 g/mol. The smallest absolute Gasteiger partial charge is 0.242 e. The quantitative estimate of drug-likeness (QED) is 0.830. The van der Waals surface area contributed by atoms with E-state index in [1.165, 1.54) is 12.3 Å². The highest BCUT2D eigenvalue weighted by molar-refractivity contribution is 9.10. The van der Waals surface area contributed by atoms with Gasteiger partial charge < -0.3 is 0 Å². The number of hydrogen-bond acceptors (Lipinski definition) is 3. The zero-order valence-corrected chi connectivity index (χ0v) is 13.8. The Morgan fingerprint density at radius 3 is 2.74 bits per heavy atom. The first kappa shape index (κ1) is 15.2. The van der Waals surface area contributed by atoms with Crippen molar-refractivity contribution in [1.29, 1.82) is 0 Å². The zero-order valence-electron chi connectivity index (χ0n) is 10.6. The molecule has 0 bridgehead atoms. The predicted molar refractivity (Wildman–Crippen MR) is 78.7 cm³/mol. The van der Waals surface area contributed by atoms with Crippen molar-refractivity contribution in [3.63, 3.8) is 0 Å². The van der Waals surface area contributed by atoms with Gasteiger partial charge in [-0.2, -0.15) is 0 Å². The molecule has 106 valence electrons. The zero-order chi connectivity index (χ0) is 14.1. The lowest BCUT2D eigenvalue weighted by atomic mass is 9.89. The number of aromatic nitrogens is 1. The first-order valence-electron chi connectivity index (χ1n) is 6.13. The van der Waals surface area contributed by atoms with Crippen LogP contribution < -0.4 is 4.72 Å². The van der Waals surface area contributed by atoms with E-state index in [0.717, 1.165) is 25.7 Å². The van der Waals surface area contributed by atoms with Crippen LogP contribution in [0.2, 0.25) is 5.15 Å². The molecule has 0 radical (unpaired) electrons. The number of nitrogens with one attached hydrogen (secondary N) is 1. The van der Waals surface area contributed by atoms with Crippen LogP contribution in [0.3, 0.4) is 0 Å². The Morgan fingerprint density at radius 1 is 1.47 bits per heavy atom. The van der Waals surface area contributed by atoms with Crippen LogP contribution in [0.4, 0.5) is 0 Å². The second-order valence-electron chi connectivity index (χ2n) is 5.28. The highest BCUT2D eigenvalue weighted by atomic mass is 79.9. The molecule has 0 aliphatic heterocycles. The maximum absolute atomic E-state index is 12.2. The molecule has 4 nitrogen and oxygen atoms in total. The molecule has 1 saturated carbocycles. The minimum atomic E-state index is -3.61. The average molecular weight is 368 g/mol. The summed E-state index contributed by atoms with van der Waals surface area (Å²) in [6, 6.07) is 1.47. The second-order valence-corrected chi connectivity index (χ2v) is 8.29. The van der Waals surface area contributed by atoms with E-state index in [1.807, 2.05) is 0 Å². The van der Waals surface area contributed by atoms with Gasteiger partial charge >= 0.3 is 0 Å². The molecule has 2 rings (SSSR count). The number of halogens is 2. The molecular formula is C12H16BrClN2O2S. The molecule has 0 amide bonds. The monoisotopic (exact) mass is 366 g/mol. The largest absolute Gasteiger partial charge is 0.243 e. The van der Waals surface area contributed by atoms with E-state index in [1.54, 1.807) is 0 Å². The van der Waals surface area contributed by atoms with Crippen LogP contribution in [0.15, 0.2) is 21.6 Å². The van der Waals surface area contributed by atoms with Crippen molar-refractivity contribution < 1.29 is 8.42 Å². The molecule has 1 aromatic rings. The third-order valence-corrected chi connectivity index (χ3v) is 5.82. The molecule has 0 atom stereocenters. The lowest BCUT2D eigenvalue weighted by Gasteiger charge is -2.23. The molecule has 0 saturated heterocycles. The maximum Gasteiger partial charge on any atom is 0.243 e. The number of pyridine rings is 1. The van der Waals surface area contributed by atoms with Gasteiger partial charge in [-0.15, -0.1) is 0 Å². The Balaban J connectivity index is 2.16. The van der Waals surface area contributed by atoms with Gasteiger partial charge in [0.1, 0.15) is 10.0 Å². The van der Waals surface area contributed by atoms with E-state index in [0.29, 0.717) is 11.0 Å². The Bertz CT molecular complexity index is 571. The van der Waals surface area contributed by atoms with Gasteiger partial charge in [0, 0.05) is 17.2 Å². The van der Waals surface area contributed by atoms with E-state index in [2.05, 4.69) is 32.6 Å². The molecule has 1 aliphatic carbocycles. The summed E-state index contributed by atoms with van der Waals surface area (Å²) in [5, 5.41) is -0.00715. The van der Waals surface area contributed by atoms with Crippen molar-refractivity contribution >= 4 is 37.6 Å². The van der Waals surface area contributed by atoms with Crippen LogP contribution >= 0.6 is 27.5 Å². The van der Waals surface area contributed by atoms with Crippen molar-refractivity contribution in [1.82, 2.24) is 9.71 Å². The van der Waals surface area contributed by atoms with Crippen molar-refractivity contribution in [3.05, 3.63) is 21.9 Å². The van der Waals surface area contributed by atoms with Crippen LogP contribution in [-0.4, -0.2) is 19.9 Å². The van der Waals surface area contributed by atoms with E-state index in [-0.39, 0.29) is 15.5 Å². The standard InChI is InChI=1S/C12H16BrClN2O2S/c1-12(4-2-3-5-12)8-16-19(17,18)10-6-9(13)7-15-11(10)14/h6-7,16H,2-5,8H2,1H3. The second kappa shape index (κ2) is 5.68. The highest BCUT2D eigenvalue weighted by Gasteiger charge is 2.31. The first-order chi connectivity index (χ1) is 8.82. The van der Waals surface area contributed by atoms with E-state index in [9.17, 15) is 8.42 Å². The number of hydrogen-bond donors (Lipinski definition) is 1. The summed E-state index contributed by atoms with van der Waals surface area (Å²) in [5.74, 6) is 0. The van der Waals surface area contributed by atoms with Gasteiger partial charge in [0.05, 0.1) is 0 Å². The molecule has 0 spiro atoms. The summed E-state index contributed by atoms with van der Waals surface area (Å²) in [6.45, 7) is 2.56. The molecule has 0 aromatic carbocycles. The molecule has 19 heavy (non-hydrogen) atoms. The molecule has 0 unspecified atom stereocenters. The minimum absolute atomic E-state index is 0.00715. The van der Waals surface area contributed by atoms with Crippen molar-refractivity contribution in [2.75, 3.05) is 6.54 Å². The summed E-state index contributed by atoms with van der Waals surface area (Å²) in [4.78, 5) is 3.86. The lowest BCUT2D eigenvalue weighted by Crippen LogP contribution is -2.34. The summed E-state index contributed by atoms with van der Waals surface area (Å²) < 4.78 is 27.7. The van der Waals surface area contributed by atoms with Crippen molar-refractivity contribution in [2.24, 2.45) is 5.41 Å². The number of rotatable bonds is 4. The lowest BCUT2D eigenvalue weighted by molar-refractivity contribution is 0.336. The van der Waals surface area contributed by atoms with Crippen LogP contribution in [0.25, 0.3) is 0 Å². The Morgan fingerprint density at radius 2 is 2.11 bits per heavy atom. The summed E-state index contributed by atoms with van der Waals surface area (Å²) >= 11 is 9.06. The fourth-order valence-electron chi connectivity index (χ4n) is 2.34. The van der Waals surface area contributed by atoms with Crippen LogP contribution in [0, 0.1) is 5.41 Å². The highest BCUT2D eigenvalue weighted by Crippen LogP contribution is 2.37. The van der Waals surface area contributed by atoms with Gasteiger partial charge in [0.2, 0.25) is 10.0 Å².